The number of allylic oxidation sites excluding steroid dienone is 8. The van der Waals surface area contributed by atoms with Crippen molar-refractivity contribution < 1.29 is 14.3 Å². The SMILES string of the molecule is CCC/C=C(\C)C1C2=C(C3=C(CCC=C3)CC2)C2CC2=C2C/C(=C\c3ccc(OCc4ccccc4C)c(OC)c3)C(=O)N21. The summed E-state index contributed by atoms with van der Waals surface area (Å²) in [4.78, 5) is 16.6. The van der Waals surface area contributed by atoms with Crippen molar-refractivity contribution in [1.29, 1.82) is 0 Å². The number of hydrogen-bond acceptors (Lipinski definition) is 3. The molecule has 0 aromatic heterocycles. The lowest BCUT2D eigenvalue weighted by atomic mass is 9.76. The first-order valence-electron chi connectivity index (χ1n) is 16.4. The maximum Gasteiger partial charge on any atom is 0.255 e. The summed E-state index contributed by atoms with van der Waals surface area (Å²) in [5.74, 6) is 2.00. The Morgan fingerprint density at radius 1 is 1.07 bits per heavy atom. The van der Waals surface area contributed by atoms with Crippen LogP contribution in [-0.4, -0.2) is 24.0 Å². The van der Waals surface area contributed by atoms with Gasteiger partial charge < -0.3 is 14.4 Å². The molecule has 2 aliphatic heterocycles. The maximum atomic E-state index is 14.4. The molecule has 3 aliphatic carbocycles. The van der Waals surface area contributed by atoms with Gasteiger partial charge in [-0.25, -0.2) is 0 Å². The summed E-state index contributed by atoms with van der Waals surface area (Å²) in [6.07, 6.45) is 17.6. The van der Waals surface area contributed by atoms with Gasteiger partial charge in [0.1, 0.15) is 6.61 Å². The van der Waals surface area contributed by atoms with Crippen LogP contribution in [0.15, 0.2) is 105 Å². The molecule has 0 bridgehead atoms. The van der Waals surface area contributed by atoms with Crippen LogP contribution in [0.25, 0.3) is 6.08 Å². The van der Waals surface area contributed by atoms with E-state index in [1.54, 1.807) is 18.3 Å². The molecule has 1 saturated heterocycles. The lowest BCUT2D eigenvalue weighted by molar-refractivity contribution is -0.124. The number of ether oxygens (including phenoxy) is 2. The fourth-order valence-corrected chi connectivity index (χ4v) is 7.71. The Labute approximate surface area is 262 Å². The Bertz CT molecular complexity index is 1710. The molecule has 2 heterocycles. The van der Waals surface area contributed by atoms with Crippen LogP contribution in [0.5, 0.6) is 11.5 Å². The third kappa shape index (κ3) is 5.08. The monoisotopic (exact) mass is 585 g/mol. The van der Waals surface area contributed by atoms with Gasteiger partial charge >= 0.3 is 0 Å². The highest BCUT2D eigenvalue weighted by molar-refractivity contribution is 6.03. The Morgan fingerprint density at radius 2 is 1.93 bits per heavy atom. The van der Waals surface area contributed by atoms with Crippen LogP contribution >= 0.6 is 0 Å². The van der Waals surface area contributed by atoms with Crippen LogP contribution in [0, 0.1) is 12.8 Å². The molecule has 1 saturated carbocycles. The molecule has 0 radical (unpaired) electrons. The molecule has 2 aromatic rings. The van der Waals surface area contributed by atoms with Gasteiger partial charge in [0.15, 0.2) is 11.5 Å². The first kappa shape index (κ1) is 28.7. The fraction of sp³-hybridized carbons (Fsp3) is 0.375. The zero-order valence-corrected chi connectivity index (χ0v) is 26.5. The molecule has 2 fully saturated rings. The minimum atomic E-state index is 0.0152. The largest absolute Gasteiger partial charge is 0.493 e. The van der Waals surface area contributed by atoms with Crippen molar-refractivity contribution in [3.05, 3.63) is 122 Å². The second-order valence-corrected chi connectivity index (χ2v) is 12.9. The molecule has 44 heavy (non-hydrogen) atoms. The second kappa shape index (κ2) is 11.8. The van der Waals surface area contributed by atoms with E-state index in [1.807, 2.05) is 30.3 Å². The zero-order valence-electron chi connectivity index (χ0n) is 26.5. The molecule has 0 spiro atoms. The van der Waals surface area contributed by atoms with E-state index in [9.17, 15) is 4.79 Å². The van der Waals surface area contributed by atoms with Crippen molar-refractivity contribution >= 4 is 12.0 Å². The van der Waals surface area contributed by atoms with Gasteiger partial charge in [-0.3, -0.25) is 4.79 Å². The molecule has 5 aliphatic rings. The number of hydrogen-bond donors (Lipinski definition) is 0. The number of carbonyl (C=O) groups excluding carboxylic acids is 1. The first-order chi connectivity index (χ1) is 21.5. The van der Waals surface area contributed by atoms with Gasteiger partial charge in [0.2, 0.25) is 0 Å². The molecule has 4 nitrogen and oxygen atoms in total. The summed E-state index contributed by atoms with van der Waals surface area (Å²) in [6, 6.07) is 14.3. The molecular weight excluding hydrogens is 542 g/mol. The van der Waals surface area contributed by atoms with Gasteiger partial charge in [-0.2, -0.15) is 0 Å². The lowest BCUT2D eigenvalue weighted by Crippen LogP contribution is -2.38. The van der Waals surface area contributed by atoms with Gasteiger partial charge in [0, 0.05) is 23.6 Å². The number of methoxy groups -OCH3 is 1. The minimum Gasteiger partial charge on any atom is -0.493 e. The van der Waals surface area contributed by atoms with Crippen molar-refractivity contribution in [3.63, 3.8) is 0 Å². The number of amides is 1. The van der Waals surface area contributed by atoms with E-state index < -0.39 is 0 Å². The van der Waals surface area contributed by atoms with E-state index in [-0.39, 0.29) is 11.9 Å². The summed E-state index contributed by atoms with van der Waals surface area (Å²) in [5, 5.41) is 0. The third-order valence-electron chi connectivity index (χ3n) is 10.1. The number of aryl methyl sites for hydroxylation is 1. The Morgan fingerprint density at radius 3 is 2.75 bits per heavy atom. The normalized spacial score (nSPS) is 23.5. The predicted molar refractivity (Wildman–Crippen MR) is 177 cm³/mol. The van der Waals surface area contributed by atoms with Crippen LogP contribution in [0.1, 0.15) is 81.9 Å². The van der Waals surface area contributed by atoms with Crippen molar-refractivity contribution in [2.24, 2.45) is 5.92 Å². The highest BCUT2D eigenvalue weighted by Gasteiger charge is 2.51. The molecule has 0 N–H and O–H groups in total. The van der Waals surface area contributed by atoms with Crippen molar-refractivity contribution in [3.8, 4) is 11.5 Å². The van der Waals surface area contributed by atoms with E-state index in [0.29, 0.717) is 30.4 Å². The van der Waals surface area contributed by atoms with E-state index in [2.05, 4.69) is 62.1 Å². The molecule has 4 heteroatoms. The lowest BCUT2D eigenvalue weighted by Gasteiger charge is -2.36. The average molecular weight is 586 g/mol. The number of nitrogens with zero attached hydrogens (tertiary/aromatic N) is 1. The molecule has 7 rings (SSSR count). The van der Waals surface area contributed by atoms with Crippen LogP contribution in [-0.2, 0) is 11.4 Å². The number of rotatable bonds is 8. The highest BCUT2D eigenvalue weighted by atomic mass is 16.5. The second-order valence-electron chi connectivity index (χ2n) is 12.9. The predicted octanol–water partition coefficient (Wildman–Crippen LogP) is 9.34. The van der Waals surface area contributed by atoms with E-state index in [1.165, 1.54) is 40.0 Å². The van der Waals surface area contributed by atoms with Crippen LogP contribution in [0.4, 0.5) is 0 Å². The van der Waals surface area contributed by atoms with E-state index in [4.69, 9.17) is 9.47 Å². The van der Waals surface area contributed by atoms with E-state index in [0.717, 1.165) is 55.2 Å². The van der Waals surface area contributed by atoms with Crippen molar-refractivity contribution in [1.82, 2.24) is 4.90 Å². The van der Waals surface area contributed by atoms with Crippen molar-refractivity contribution in [2.45, 2.75) is 84.8 Å². The molecule has 2 unspecified atom stereocenters. The Hall–Kier alpha value is -4.05. The molecule has 2 atom stereocenters. The number of carbonyl (C=O) groups is 1. The topological polar surface area (TPSA) is 38.8 Å². The van der Waals surface area contributed by atoms with Crippen LogP contribution < -0.4 is 9.47 Å². The summed E-state index contributed by atoms with van der Waals surface area (Å²) >= 11 is 0. The van der Waals surface area contributed by atoms with Crippen molar-refractivity contribution in [2.75, 3.05) is 7.11 Å². The summed E-state index contributed by atoms with van der Waals surface area (Å²) in [7, 11) is 1.67. The highest BCUT2D eigenvalue weighted by Crippen LogP contribution is 2.59. The molecule has 2 aromatic carbocycles. The summed E-state index contributed by atoms with van der Waals surface area (Å²) in [6.45, 7) is 7.05. The van der Waals surface area contributed by atoms with Crippen LogP contribution in [0.2, 0.25) is 0 Å². The zero-order chi connectivity index (χ0) is 30.4. The molecular formula is C40H43NO3. The maximum absolute atomic E-state index is 14.4. The Kier molecular flexibility index (Phi) is 7.70. The standard InChI is InChI=1S/C40H43NO3/c1-5-6-11-26(3)39-32-18-17-28-13-9-10-15-31(28)38(32)34-23-33(34)35-22-30(40(42)41(35)39)20-27-16-19-36(37(21-27)43-4)44-24-29-14-8-7-12-25(29)2/h7-8,10-12,14-16,19-21,34,39H,5-6,9,13,17-18,22-24H2,1-4H3/b26-11+,30-20+. The summed E-state index contributed by atoms with van der Waals surface area (Å²) < 4.78 is 11.9. The van der Waals surface area contributed by atoms with Gasteiger partial charge in [-0.15, -0.1) is 0 Å². The summed E-state index contributed by atoms with van der Waals surface area (Å²) in [5.41, 5.74) is 14.4. The Balaban J connectivity index is 1.21. The van der Waals surface area contributed by atoms with Gasteiger partial charge in [0.05, 0.1) is 13.2 Å². The molecule has 1 amide bonds. The number of benzene rings is 2. The average Bonchev–Trinajstić information content (AvgIpc) is 3.79. The number of unbranched alkanes of at least 4 members (excludes halogenated alkanes) is 1. The minimum absolute atomic E-state index is 0.0152. The third-order valence-corrected chi connectivity index (χ3v) is 10.1. The smallest absolute Gasteiger partial charge is 0.255 e. The van der Waals surface area contributed by atoms with Gasteiger partial charge in [0.25, 0.3) is 5.91 Å². The molecule has 226 valence electrons. The fourth-order valence-electron chi connectivity index (χ4n) is 7.71. The number of fused-ring (bicyclic) bond motifs is 4. The van der Waals surface area contributed by atoms with Gasteiger partial charge in [-0.1, -0.05) is 73.1 Å². The first-order valence-corrected chi connectivity index (χ1v) is 16.4. The van der Waals surface area contributed by atoms with Crippen LogP contribution in [0.3, 0.4) is 0 Å². The van der Waals surface area contributed by atoms with Gasteiger partial charge in [-0.05, 0) is 110 Å². The van der Waals surface area contributed by atoms with E-state index >= 15 is 0 Å². The quantitative estimate of drug-likeness (QED) is 0.229.